The maximum atomic E-state index is 13.9. The molecule has 1 atom stereocenters. The second kappa shape index (κ2) is 12.7. The maximum Gasteiger partial charge on any atom is 0.273 e. The number of nitrogens with zero attached hydrogens (tertiary/aromatic N) is 2. The van der Waals surface area contributed by atoms with Crippen LogP contribution >= 0.6 is 11.6 Å². The molecule has 0 saturated carbocycles. The van der Waals surface area contributed by atoms with Gasteiger partial charge in [0.2, 0.25) is 0 Å². The summed E-state index contributed by atoms with van der Waals surface area (Å²) in [5.41, 5.74) is 3.74. The van der Waals surface area contributed by atoms with E-state index >= 15 is 0 Å². The fourth-order valence-electron chi connectivity index (χ4n) is 5.26. The van der Waals surface area contributed by atoms with E-state index in [0.717, 1.165) is 17.5 Å². The summed E-state index contributed by atoms with van der Waals surface area (Å²) in [7, 11) is 3.19. The first-order valence-corrected chi connectivity index (χ1v) is 14.3. The van der Waals surface area contributed by atoms with E-state index in [-0.39, 0.29) is 11.7 Å². The summed E-state index contributed by atoms with van der Waals surface area (Å²) < 4.78 is 22.7. The van der Waals surface area contributed by atoms with Crippen LogP contribution in [0.4, 0.5) is 0 Å². The number of carbonyl (C=O) groups excluding carboxylic acids is 1. The number of H-pyrrole nitrogens is 1. The summed E-state index contributed by atoms with van der Waals surface area (Å²) in [6.45, 7) is 5.38. The molecule has 0 aliphatic carbocycles. The lowest BCUT2D eigenvalue weighted by Gasteiger charge is -2.27. The molecule has 0 radical (unpaired) electrons. The van der Waals surface area contributed by atoms with E-state index in [2.05, 4.69) is 10.2 Å². The summed E-state index contributed by atoms with van der Waals surface area (Å²) in [5, 5.41) is 18.6. The molecule has 10 heteroatoms. The van der Waals surface area contributed by atoms with Crippen LogP contribution in [0.3, 0.4) is 0 Å². The second-order valence-corrected chi connectivity index (χ2v) is 10.3. The Hall–Kier alpha value is -4.37. The highest BCUT2D eigenvalue weighted by atomic mass is 35.5. The highest BCUT2D eigenvalue weighted by molar-refractivity contribution is 6.31. The molecule has 9 nitrogen and oxygen atoms in total. The minimum Gasteiger partial charge on any atom is -0.507 e. The number of aromatic nitrogens is 2. The van der Waals surface area contributed by atoms with Gasteiger partial charge in [-0.25, -0.2) is 0 Å². The molecule has 1 unspecified atom stereocenters. The number of nitrogens with one attached hydrogen (secondary N) is 1. The van der Waals surface area contributed by atoms with E-state index in [1.807, 2.05) is 55.1 Å². The molecule has 0 spiro atoms. The quantitative estimate of drug-likeness (QED) is 0.196. The van der Waals surface area contributed by atoms with Crippen molar-refractivity contribution in [1.29, 1.82) is 0 Å². The van der Waals surface area contributed by atoms with Crippen LogP contribution in [0.1, 0.15) is 53.5 Å². The highest BCUT2D eigenvalue weighted by Gasteiger charge is 2.42. The number of aromatic hydroxyl groups is 1. The number of halogens is 1. The molecule has 0 bridgehead atoms. The third-order valence-corrected chi connectivity index (χ3v) is 7.45. The molecular formula is C32H34ClN3O6. The van der Waals surface area contributed by atoms with E-state index in [0.29, 0.717) is 76.7 Å². The van der Waals surface area contributed by atoms with Gasteiger partial charge in [0, 0.05) is 22.7 Å². The molecule has 42 heavy (non-hydrogen) atoms. The van der Waals surface area contributed by atoms with Crippen molar-refractivity contribution in [2.75, 3.05) is 34.0 Å². The van der Waals surface area contributed by atoms with E-state index in [1.165, 1.54) is 6.07 Å². The van der Waals surface area contributed by atoms with Crippen LogP contribution in [0, 0.1) is 0 Å². The lowest BCUT2D eigenvalue weighted by Crippen LogP contribution is -2.31. The van der Waals surface area contributed by atoms with Gasteiger partial charge in [0.1, 0.15) is 17.1 Å². The van der Waals surface area contributed by atoms with Gasteiger partial charge >= 0.3 is 0 Å². The lowest BCUT2D eigenvalue weighted by atomic mass is 9.95. The Morgan fingerprint density at radius 2 is 1.74 bits per heavy atom. The molecular weight excluding hydrogens is 558 g/mol. The van der Waals surface area contributed by atoms with E-state index in [9.17, 15) is 9.90 Å². The average molecular weight is 592 g/mol. The molecule has 5 rings (SSSR count). The summed E-state index contributed by atoms with van der Waals surface area (Å²) >= 11 is 6.30. The first kappa shape index (κ1) is 29.1. The number of hydrogen-bond acceptors (Lipinski definition) is 7. The third kappa shape index (κ3) is 5.56. The maximum absolute atomic E-state index is 13.9. The number of methoxy groups -OCH3 is 2. The van der Waals surface area contributed by atoms with Gasteiger partial charge in [-0.3, -0.25) is 9.89 Å². The zero-order valence-electron chi connectivity index (χ0n) is 24.1. The number of aromatic amines is 1. The fraction of sp³-hybridized carbons (Fsp3) is 0.312. The van der Waals surface area contributed by atoms with Crippen LogP contribution in [0.2, 0.25) is 5.02 Å². The number of ether oxygens (including phenoxy) is 4. The van der Waals surface area contributed by atoms with Crippen LogP contribution in [0.5, 0.6) is 28.7 Å². The molecule has 4 aromatic rings. The Labute approximate surface area is 249 Å². The molecule has 1 aromatic heterocycles. The van der Waals surface area contributed by atoms with Crippen LogP contribution in [-0.4, -0.2) is 60.1 Å². The summed E-state index contributed by atoms with van der Waals surface area (Å²) in [5.74, 6) is 2.32. The minimum absolute atomic E-state index is 0.0157. The van der Waals surface area contributed by atoms with Gasteiger partial charge in [0.05, 0.1) is 33.5 Å². The standard InChI is InChI=1S/C32H34ClN3O6/c1-5-15-42-25-12-8-20(17-27(25)41-6-2)31-28-29(22-18-21(33)9-10-23(22)37)34-35-30(28)32(38)36(31)14-13-19-7-11-24(39-3)26(16-19)40-4/h7-12,16-18,31,37H,5-6,13-15H2,1-4H3,(H,34,35). The number of carbonyl (C=O) groups is 1. The molecule has 2 N–H and O–H groups in total. The van der Waals surface area contributed by atoms with Crippen molar-refractivity contribution >= 4 is 17.5 Å². The molecule has 1 aliphatic rings. The Kier molecular flexibility index (Phi) is 8.77. The molecule has 1 aliphatic heterocycles. The van der Waals surface area contributed by atoms with Crippen molar-refractivity contribution in [3.05, 3.63) is 82.0 Å². The Morgan fingerprint density at radius 3 is 2.48 bits per heavy atom. The highest BCUT2D eigenvalue weighted by Crippen LogP contribution is 2.46. The third-order valence-electron chi connectivity index (χ3n) is 7.21. The van der Waals surface area contributed by atoms with Crippen LogP contribution in [-0.2, 0) is 6.42 Å². The zero-order valence-corrected chi connectivity index (χ0v) is 24.8. The molecule has 220 valence electrons. The van der Waals surface area contributed by atoms with Gasteiger partial charge in [-0.1, -0.05) is 30.7 Å². The number of phenols is 1. The van der Waals surface area contributed by atoms with Gasteiger partial charge in [0.25, 0.3) is 5.91 Å². The fourth-order valence-corrected chi connectivity index (χ4v) is 5.43. The number of phenolic OH excluding ortho intramolecular Hbond substituents is 1. The van der Waals surface area contributed by atoms with Crippen molar-refractivity contribution in [2.24, 2.45) is 0 Å². The number of rotatable bonds is 12. The van der Waals surface area contributed by atoms with Gasteiger partial charge in [-0.2, -0.15) is 5.10 Å². The van der Waals surface area contributed by atoms with Gasteiger partial charge < -0.3 is 29.0 Å². The second-order valence-electron chi connectivity index (χ2n) is 9.85. The Morgan fingerprint density at radius 1 is 0.952 bits per heavy atom. The van der Waals surface area contributed by atoms with Crippen LogP contribution in [0.15, 0.2) is 54.6 Å². The monoisotopic (exact) mass is 591 g/mol. The number of hydrogen-bond donors (Lipinski definition) is 2. The van der Waals surface area contributed by atoms with Crippen molar-refractivity contribution in [1.82, 2.24) is 15.1 Å². The van der Waals surface area contributed by atoms with Crippen molar-refractivity contribution in [3.63, 3.8) is 0 Å². The van der Waals surface area contributed by atoms with Crippen molar-refractivity contribution in [3.8, 4) is 40.0 Å². The minimum atomic E-state index is -0.515. The average Bonchev–Trinajstić information content (AvgIpc) is 3.54. The van der Waals surface area contributed by atoms with Crippen molar-refractivity contribution < 1.29 is 28.8 Å². The van der Waals surface area contributed by atoms with Gasteiger partial charge in [0.15, 0.2) is 23.0 Å². The van der Waals surface area contributed by atoms with Gasteiger partial charge in [-0.15, -0.1) is 0 Å². The predicted molar refractivity (Wildman–Crippen MR) is 160 cm³/mol. The lowest BCUT2D eigenvalue weighted by molar-refractivity contribution is 0.0745. The Balaban J connectivity index is 1.59. The van der Waals surface area contributed by atoms with Crippen molar-refractivity contribution in [2.45, 2.75) is 32.7 Å². The van der Waals surface area contributed by atoms with E-state index in [4.69, 9.17) is 30.5 Å². The molecule has 2 heterocycles. The Bertz CT molecular complexity index is 1590. The number of amides is 1. The molecule has 0 fully saturated rings. The molecule has 1 amide bonds. The van der Waals surface area contributed by atoms with E-state index in [1.54, 1.807) is 26.4 Å². The first-order valence-electron chi connectivity index (χ1n) is 13.9. The first-order chi connectivity index (χ1) is 20.4. The van der Waals surface area contributed by atoms with Crippen LogP contribution < -0.4 is 18.9 Å². The normalized spacial score (nSPS) is 14.2. The molecule has 3 aromatic carbocycles. The largest absolute Gasteiger partial charge is 0.507 e. The molecule has 0 saturated heterocycles. The van der Waals surface area contributed by atoms with Gasteiger partial charge in [-0.05, 0) is 73.4 Å². The number of benzene rings is 3. The van der Waals surface area contributed by atoms with Crippen LogP contribution in [0.25, 0.3) is 11.3 Å². The predicted octanol–water partition coefficient (Wildman–Crippen LogP) is 6.43. The SMILES string of the molecule is CCCOc1ccc(C2c3c(-c4cc(Cl)ccc4O)n[nH]c3C(=O)N2CCc2ccc(OC)c(OC)c2)cc1OCC. The smallest absolute Gasteiger partial charge is 0.273 e. The number of fused-ring (bicyclic) bond motifs is 1. The summed E-state index contributed by atoms with van der Waals surface area (Å²) in [4.78, 5) is 15.7. The summed E-state index contributed by atoms with van der Waals surface area (Å²) in [6, 6.07) is 15.7. The van der Waals surface area contributed by atoms with E-state index < -0.39 is 6.04 Å². The summed E-state index contributed by atoms with van der Waals surface area (Å²) in [6.07, 6.45) is 1.42. The topological polar surface area (TPSA) is 106 Å². The zero-order chi connectivity index (χ0) is 29.8.